The van der Waals surface area contributed by atoms with Gasteiger partial charge in [0.2, 0.25) is 23.6 Å². The van der Waals surface area contributed by atoms with Gasteiger partial charge < -0.3 is 35.7 Å². The van der Waals surface area contributed by atoms with Crippen LogP contribution in [0.1, 0.15) is 79.7 Å². The van der Waals surface area contributed by atoms with E-state index in [4.69, 9.17) is 14.9 Å². The first-order chi connectivity index (χ1) is 21.2. The van der Waals surface area contributed by atoms with Crippen LogP contribution < -0.4 is 32.0 Å². The van der Waals surface area contributed by atoms with E-state index in [2.05, 4.69) is 16.0 Å². The summed E-state index contributed by atoms with van der Waals surface area (Å²) < 4.78 is 11.0. The summed E-state index contributed by atoms with van der Waals surface area (Å²) in [7, 11) is 1.32. The highest BCUT2D eigenvalue weighted by Gasteiger charge is 2.39. The van der Waals surface area contributed by atoms with E-state index in [1.807, 2.05) is 0 Å². The topological polar surface area (TPSA) is 207 Å². The number of carbonyl (C=O) groups is 6. The normalized spacial score (nSPS) is 18.3. The molecule has 242 valence electrons. The number of nitrogens with one attached hydrogen (secondary N) is 3. The van der Waals surface area contributed by atoms with Crippen LogP contribution in [0.4, 0.5) is 5.69 Å². The van der Waals surface area contributed by atoms with Gasteiger partial charge >= 0.3 is 5.63 Å². The average Bonchev–Trinajstić information content (AvgIpc) is 3.46. The molecule has 14 nitrogen and oxygen atoms in total. The number of ketones is 2. The van der Waals surface area contributed by atoms with Gasteiger partial charge in [-0.05, 0) is 45.1 Å². The van der Waals surface area contributed by atoms with Gasteiger partial charge in [0.25, 0.3) is 0 Å². The van der Waals surface area contributed by atoms with Crippen molar-refractivity contribution >= 4 is 51.9 Å². The predicted octanol–water partition coefficient (Wildman–Crippen LogP) is 1.19. The van der Waals surface area contributed by atoms with Gasteiger partial charge in [-0.25, -0.2) is 4.79 Å². The molecule has 4 amide bonds. The van der Waals surface area contributed by atoms with Gasteiger partial charge in [-0.1, -0.05) is 13.8 Å². The van der Waals surface area contributed by atoms with Crippen molar-refractivity contribution in [2.75, 3.05) is 19.0 Å². The summed E-state index contributed by atoms with van der Waals surface area (Å²) in [5.74, 6) is -3.40. The number of methoxy groups -OCH3 is 1. The van der Waals surface area contributed by atoms with Gasteiger partial charge in [0.1, 0.15) is 29.3 Å². The molecule has 4 rings (SSSR count). The summed E-state index contributed by atoms with van der Waals surface area (Å²) in [5, 5.41) is 8.27. The zero-order chi connectivity index (χ0) is 33.3. The third-order valence-corrected chi connectivity index (χ3v) is 8.23. The van der Waals surface area contributed by atoms with Crippen LogP contribution in [0.25, 0.3) is 11.0 Å². The smallest absolute Gasteiger partial charge is 0.347 e. The minimum absolute atomic E-state index is 0.00844. The second-order valence-electron chi connectivity index (χ2n) is 11.9. The summed E-state index contributed by atoms with van der Waals surface area (Å²) in [6, 6.07) is -2.30. The Balaban J connectivity index is 1.61. The molecular formula is C31H39N5O9. The number of aryl methyl sites for hydroxylation is 1. The Hall–Kier alpha value is -4.59. The van der Waals surface area contributed by atoms with Crippen LogP contribution in [0.3, 0.4) is 0 Å². The van der Waals surface area contributed by atoms with Crippen LogP contribution >= 0.6 is 0 Å². The number of amides is 4. The Morgan fingerprint density at radius 3 is 2.24 bits per heavy atom. The molecule has 1 aliphatic carbocycles. The highest BCUT2D eigenvalue weighted by Crippen LogP contribution is 2.40. The fraction of sp³-hybridized carbons (Fsp3) is 0.516. The number of rotatable bonds is 9. The lowest BCUT2D eigenvalue weighted by Gasteiger charge is -2.30. The molecule has 0 radical (unpaired) electrons. The molecule has 1 fully saturated rings. The van der Waals surface area contributed by atoms with E-state index in [9.17, 15) is 33.6 Å². The highest BCUT2D eigenvalue weighted by atomic mass is 16.5. The van der Waals surface area contributed by atoms with Gasteiger partial charge in [0, 0.05) is 30.8 Å². The zero-order valence-corrected chi connectivity index (χ0v) is 26.2. The minimum atomic E-state index is -1.07. The van der Waals surface area contributed by atoms with Crippen molar-refractivity contribution in [2.24, 2.45) is 11.7 Å². The molecule has 45 heavy (non-hydrogen) atoms. The first-order valence-corrected chi connectivity index (χ1v) is 14.9. The Morgan fingerprint density at radius 1 is 1.00 bits per heavy atom. The number of hydrogen-bond donors (Lipinski definition) is 4. The summed E-state index contributed by atoms with van der Waals surface area (Å²) >= 11 is 0. The van der Waals surface area contributed by atoms with Crippen LogP contribution in [0, 0.1) is 12.8 Å². The van der Waals surface area contributed by atoms with Crippen LogP contribution in [0.2, 0.25) is 0 Å². The van der Waals surface area contributed by atoms with Crippen molar-refractivity contribution in [3.8, 4) is 5.75 Å². The van der Waals surface area contributed by atoms with Crippen LogP contribution in [0.5, 0.6) is 5.75 Å². The first-order valence-electron chi connectivity index (χ1n) is 14.9. The van der Waals surface area contributed by atoms with Crippen LogP contribution in [0.15, 0.2) is 15.3 Å². The summed E-state index contributed by atoms with van der Waals surface area (Å²) in [5.41, 5.74) is 5.02. The van der Waals surface area contributed by atoms with E-state index < -0.39 is 70.9 Å². The van der Waals surface area contributed by atoms with E-state index >= 15 is 0 Å². The summed E-state index contributed by atoms with van der Waals surface area (Å²) in [4.78, 5) is 92.2. The average molecular weight is 626 g/mol. The molecule has 2 aromatic rings. The lowest BCUT2D eigenvalue weighted by atomic mass is 9.89. The fourth-order valence-electron chi connectivity index (χ4n) is 5.85. The molecule has 1 saturated heterocycles. The lowest BCUT2D eigenvalue weighted by molar-refractivity contribution is -0.141. The molecule has 2 bridgehead atoms. The Kier molecular flexibility index (Phi) is 9.76. The number of ether oxygens (including phenoxy) is 1. The molecule has 2 aliphatic rings. The number of Topliss-reactive ketones (excluding diaryl/α,β-unsaturated/α-hetero) is 2. The number of nitrogens with two attached hydrogens (primary N) is 1. The van der Waals surface area contributed by atoms with Gasteiger partial charge in [-0.15, -0.1) is 0 Å². The Bertz CT molecular complexity index is 1640. The maximum Gasteiger partial charge on any atom is 0.347 e. The molecule has 1 aromatic carbocycles. The number of fused-ring (bicyclic) bond motifs is 1. The standard InChI is InChI=1S/C31H39N5O9/c1-13(2)25(35-28(40)18-8-7-11-36(18)30(42)16(5)33-27(39)15(4)32)29(41)34-17-12-21-23-14(3)22(31(43)45-21)19(37)9-10-20(38)24(23)26(17)44-6/h12-13,15-16,18,25H,7-11,32H2,1-6H3,(H,33,39)(H,34,41)(H,35,40)/t15-,16-,18-,25-/m0/s1. The number of anilines is 1. The number of carbonyl (C=O) groups excluding carboxylic acids is 6. The molecule has 1 aromatic heterocycles. The van der Waals surface area contributed by atoms with Crippen molar-refractivity contribution < 1.29 is 37.9 Å². The monoisotopic (exact) mass is 625 g/mol. The second kappa shape index (κ2) is 13.2. The molecule has 0 unspecified atom stereocenters. The van der Waals surface area contributed by atoms with Gasteiger partial charge in [-0.3, -0.25) is 28.8 Å². The highest BCUT2D eigenvalue weighted by molar-refractivity contribution is 6.17. The van der Waals surface area contributed by atoms with Crippen molar-refractivity contribution in [3.05, 3.63) is 33.2 Å². The van der Waals surface area contributed by atoms with Crippen molar-refractivity contribution in [2.45, 2.75) is 84.5 Å². The molecule has 2 heterocycles. The largest absolute Gasteiger partial charge is 0.494 e. The van der Waals surface area contributed by atoms with Crippen LogP contribution in [-0.2, 0) is 19.2 Å². The number of benzene rings is 1. The molecular weight excluding hydrogens is 586 g/mol. The van der Waals surface area contributed by atoms with E-state index in [0.29, 0.717) is 24.9 Å². The number of nitrogens with zero attached hydrogens (tertiary/aromatic N) is 1. The minimum Gasteiger partial charge on any atom is -0.494 e. The number of likely N-dealkylation sites (tertiary alicyclic amines) is 1. The van der Waals surface area contributed by atoms with Gasteiger partial charge in [0.15, 0.2) is 17.3 Å². The maximum atomic E-state index is 13.7. The molecule has 0 saturated carbocycles. The van der Waals surface area contributed by atoms with E-state index in [0.717, 1.165) is 0 Å². The molecule has 0 spiro atoms. The second-order valence-corrected chi connectivity index (χ2v) is 11.9. The maximum absolute atomic E-state index is 13.7. The zero-order valence-electron chi connectivity index (χ0n) is 26.2. The van der Waals surface area contributed by atoms with E-state index in [1.54, 1.807) is 20.8 Å². The summed E-state index contributed by atoms with van der Waals surface area (Å²) in [6.07, 6.45) is 0.566. The fourth-order valence-corrected chi connectivity index (χ4v) is 5.85. The van der Waals surface area contributed by atoms with Crippen molar-refractivity contribution in [3.63, 3.8) is 0 Å². The van der Waals surface area contributed by atoms with Gasteiger partial charge in [0.05, 0.1) is 24.4 Å². The van der Waals surface area contributed by atoms with Crippen molar-refractivity contribution in [1.29, 1.82) is 0 Å². The molecule has 14 heteroatoms. The summed E-state index contributed by atoms with van der Waals surface area (Å²) in [6.45, 7) is 8.33. The van der Waals surface area contributed by atoms with E-state index in [1.165, 1.54) is 31.9 Å². The lowest BCUT2D eigenvalue weighted by Crippen LogP contribution is -2.56. The quantitative estimate of drug-likeness (QED) is 0.293. The van der Waals surface area contributed by atoms with Crippen LogP contribution in [-0.4, -0.2) is 77.9 Å². The Labute approximate surface area is 259 Å². The van der Waals surface area contributed by atoms with Gasteiger partial charge in [-0.2, -0.15) is 0 Å². The molecule has 5 N–H and O–H groups in total. The third-order valence-electron chi connectivity index (χ3n) is 8.23. The Morgan fingerprint density at radius 2 is 1.64 bits per heavy atom. The first kappa shape index (κ1) is 33.3. The molecule has 4 atom stereocenters. The SMILES string of the molecule is COc1c(NC(=O)[C@@H](NC(=O)[C@@H]2CCCN2C(=O)[C@H](C)NC(=O)[C@H](C)N)C(C)C)cc2oc(=O)c3c(C)c2c1C(=O)CCC3=O. The van der Waals surface area contributed by atoms with E-state index in [-0.39, 0.29) is 46.4 Å². The third kappa shape index (κ3) is 6.46. The van der Waals surface area contributed by atoms with Crippen molar-refractivity contribution in [1.82, 2.24) is 15.5 Å². The predicted molar refractivity (Wildman–Crippen MR) is 163 cm³/mol. The molecule has 1 aliphatic heterocycles. The number of hydrogen-bond acceptors (Lipinski definition) is 10.